The van der Waals surface area contributed by atoms with Crippen LogP contribution in [0.2, 0.25) is 0 Å². The van der Waals surface area contributed by atoms with Gasteiger partial charge in [-0.1, -0.05) is 28.1 Å². The molecule has 1 amide bonds. The van der Waals surface area contributed by atoms with Crippen LogP contribution < -0.4 is 10.9 Å². The van der Waals surface area contributed by atoms with Gasteiger partial charge in [0.1, 0.15) is 17.9 Å². The second-order valence-electron chi connectivity index (χ2n) is 5.21. The van der Waals surface area contributed by atoms with Crippen LogP contribution in [-0.2, 0) is 11.3 Å². The van der Waals surface area contributed by atoms with Crippen molar-refractivity contribution in [3.63, 3.8) is 0 Å². The van der Waals surface area contributed by atoms with Crippen molar-refractivity contribution in [1.82, 2.24) is 19.5 Å². The summed E-state index contributed by atoms with van der Waals surface area (Å²) in [6.07, 6.45) is 3.26. The van der Waals surface area contributed by atoms with E-state index in [1.807, 2.05) is 24.3 Å². The highest BCUT2D eigenvalue weighted by atomic mass is 79.9. The maximum Gasteiger partial charge on any atom is 0.291 e. The zero-order valence-corrected chi connectivity index (χ0v) is 14.0. The Labute approximate surface area is 140 Å². The molecule has 0 aliphatic heterocycles. The largest absolute Gasteiger partial charge is 0.350 e. The Bertz CT molecular complexity index is 916. The van der Waals surface area contributed by atoms with Gasteiger partial charge in [0.25, 0.3) is 5.56 Å². The molecule has 0 spiro atoms. The van der Waals surface area contributed by atoms with Gasteiger partial charge in [0, 0.05) is 17.2 Å². The number of hydrogen-bond donors (Lipinski definition) is 1. The minimum atomic E-state index is -0.686. The minimum absolute atomic E-state index is 0.254. The molecule has 0 unspecified atom stereocenters. The van der Waals surface area contributed by atoms with Gasteiger partial charge in [0.15, 0.2) is 0 Å². The maximum atomic E-state index is 12.3. The minimum Gasteiger partial charge on any atom is -0.350 e. The van der Waals surface area contributed by atoms with Crippen LogP contribution in [0.25, 0.3) is 5.52 Å². The van der Waals surface area contributed by atoms with Gasteiger partial charge in [-0.15, -0.1) is 0 Å². The average Bonchev–Trinajstić information content (AvgIpc) is 3.02. The molecule has 0 aliphatic carbocycles. The van der Waals surface area contributed by atoms with Crippen molar-refractivity contribution in [3.8, 4) is 0 Å². The smallest absolute Gasteiger partial charge is 0.291 e. The summed E-state index contributed by atoms with van der Waals surface area (Å²) in [6, 6.07) is 10.5. The summed E-state index contributed by atoms with van der Waals surface area (Å²) in [4.78, 5) is 24.6. The molecule has 1 aromatic carbocycles. The molecule has 7 heteroatoms. The number of amides is 1. The molecule has 23 heavy (non-hydrogen) atoms. The highest BCUT2D eigenvalue weighted by Gasteiger charge is 2.18. The summed E-state index contributed by atoms with van der Waals surface area (Å²) in [5, 5.41) is 6.89. The number of rotatable bonds is 4. The second kappa shape index (κ2) is 6.37. The van der Waals surface area contributed by atoms with Crippen molar-refractivity contribution >= 4 is 27.4 Å². The van der Waals surface area contributed by atoms with Crippen LogP contribution in [0.4, 0.5) is 0 Å². The number of halogens is 1. The van der Waals surface area contributed by atoms with E-state index in [0.29, 0.717) is 12.1 Å². The van der Waals surface area contributed by atoms with Gasteiger partial charge in [-0.25, -0.2) is 4.68 Å². The number of fused-ring (bicyclic) bond motifs is 1. The van der Waals surface area contributed by atoms with E-state index >= 15 is 0 Å². The first-order valence-corrected chi connectivity index (χ1v) is 7.92. The molecule has 2 heterocycles. The SMILES string of the molecule is C[C@H](C(=O)NCc1cccc(Br)c1)n1ncn2cccc2c1=O. The third kappa shape index (κ3) is 3.19. The number of hydrogen-bond acceptors (Lipinski definition) is 3. The molecule has 3 aromatic rings. The molecular formula is C16H15BrN4O2. The van der Waals surface area contributed by atoms with E-state index in [2.05, 4.69) is 26.3 Å². The highest BCUT2D eigenvalue weighted by Crippen LogP contribution is 2.11. The molecule has 0 fully saturated rings. The van der Waals surface area contributed by atoms with E-state index in [9.17, 15) is 9.59 Å². The Kier molecular flexibility index (Phi) is 4.29. The van der Waals surface area contributed by atoms with Gasteiger partial charge < -0.3 is 9.72 Å². The molecule has 1 N–H and O–H groups in total. The standard InChI is InChI=1S/C16H15BrN4O2/c1-11(15(22)18-9-12-4-2-5-13(17)8-12)21-16(23)14-6-3-7-20(14)10-19-21/h2-8,10-11H,9H2,1H3,(H,18,22)/t11-/m1/s1. The lowest BCUT2D eigenvalue weighted by Gasteiger charge is -2.14. The Balaban J connectivity index is 1.76. The van der Waals surface area contributed by atoms with Gasteiger partial charge >= 0.3 is 0 Å². The van der Waals surface area contributed by atoms with Crippen LogP contribution in [0.3, 0.4) is 0 Å². The van der Waals surface area contributed by atoms with E-state index in [1.165, 1.54) is 11.0 Å². The molecule has 0 aliphatic rings. The molecule has 1 atom stereocenters. The normalized spacial score (nSPS) is 12.3. The summed E-state index contributed by atoms with van der Waals surface area (Å²) in [6.45, 7) is 2.05. The first kappa shape index (κ1) is 15.5. The number of carbonyl (C=O) groups excluding carboxylic acids is 1. The van der Waals surface area contributed by atoms with E-state index in [0.717, 1.165) is 10.0 Å². The van der Waals surface area contributed by atoms with Crippen molar-refractivity contribution in [1.29, 1.82) is 0 Å². The fourth-order valence-electron chi connectivity index (χ4n) is 2.33. The molecule has 0 saturated heterocycles. The number of nitrogens with one attached hydrogen (secondary N) is 1. The summed E-state index contributed by atoms with van der Waals surface area (Å²) in [5.74, 6) is -0.254. The molecule has 0 bridgehead atoms. The molecule has 3 rings (SSSR count). The summed E-state index contributed by atoms with van der Waals surface area (Å²) < 4.78 is 3.78. The predicted octanol–water partition coefficient (Wildman–Crippen LogP) is 2.14. The van der Waals surface area contributed by atoms with Crippen LogP contribution in [-0.4, -0.2) is 20.1 Å². The average molecular weight is 375 g/mol. The van der Waals surface area contributed by atoms with E-state index in [4.69, 9.17) is 0 Å². The molecule has 0 saturated carbocycles. The second-order valence-corrected chi connectivity index (χ2v) is 6.12. The fourth-order valence-corrected chi connectivity index (χ4v) is 2.77. The number of nitrogens with zero attached hydrogens (tertiary/aromatic N) is 3. The van der Waals surface area contributed by atoms with Crippen LogP contribution in [0.5, 0.6) is 0 Å². The molecule has 6 nitrogen and oxygen atoms in total. The summed E-state index contributed by atoms with van der Waals surface area (Å²) in [5.41, 5.74) is 1.18. The monoisotopic (exact) mass is 374 g/mol. The Morgan fingerprint density at radius 2 is 2.17 bits per heavy atom. The predicted molar refractivity (Wildman–Crippen MR) is 90.2 cm³/mol. The summed E-state index contributed by atoms with van der Waals surface area (Å²) >= 11 is 3.39. The number of aromatic nitrogens is 3. The van der Waals surface area contributed by atoms with Crippen LogP contribution in [0, 0.1) is 0 Å². The lowest BCUT2D eigenvalue weighted by Crippen LogP contribution is -2.37. The fraction of sp³-hybridized carbons (Fsp3) is 0.188. The zero-order chi connectivity index (χ0) is 16.4. The number of carbonyl (C=O) groups is 1. The van der Waals surface area contributed by atoms with Gasteiger partial charge in [-0.05, 0) is 36.8 Å². The quantitative estimate of drug-likeness (QED) is 0.760. The third-order valence-corrected chi connectivity index (χ3v) is 4.10. The lowest BCUT2D eigenvalue weighted by molar-refractivity contribution is -0.124. The van der Waals surface area contributed by atoms with Gasteiger partial charge in [0.2, 0.25) is 5.91 Å². The molecule has 118 valence electrons. The van der Waals surface area contributed by atoms with Crippen LogP contribution in [0.1, 0.15) is 18.5 Å². The van der Waals surface area contributed by atoms with Gasteiger partial charge in [-0.3, -0.25) is 9.59 Å². The van der Waals surface area contributed by atoms with Crippen molar-refractivity contribution in [2.24, 2.45) is 0 Å². The van der Waals surface area contributed by atoms with Crippen molar-refractivity contribution < 1.29 is 4.79 Å². The molecular weight excluding hydrogens is 360 g/mol. The first-order valence-electron chi connectivity index (χ1n) is 7.13. The Morgan fingerprint density at radius 1 is 1.35 bits per heavy atom. The number of benzene rings is 1. The van der Waals surface area contributed by atoms with E-state index in [-0.39, 0.29) is 11.5 Å². The van der Waals surface area contributed by atoms with Crippen molar-refractivity contribution in [2.75, 3.05) is 0 Å². The van der Waals surface area contributed by atoms with Crippen molar-refractivity contribution in [2.45, 2.75) is 19.5 Å². The molecule has 0 radical (unpaired) electrons. The Morgan fingerprint density at radius 3 is 2.96 bits per heavy atom. The van der Waals surface area contributed by atoms with E-state index in [1.54, 1.807) is 29.7 Å². The zero-order valence-electron chi connectivity index (χ0n) is 12.4. The third-order valence-electron chi connectivity index (χ3n) is 3.61. The van der Waals surface area contributed by atoms with Crippen molar-refractivity contribution in [3.05, 3.63) is 69.3 Å². The maximum absolute atomic E-state index is 12.3. The van der Waals surface area contributed by atoms with E-state index < -0.39 is 6.04 Å². The van der Waals surface area contributed by atoms with Crippen LogP contribution >= 0.6 is 15.9 Å². The summed E-state index contributed by atoms with van der Waals surface area (Å²) in [7, 11) is 0. The van der Waals surface area contributed by atoms with Crippen LogP contribution in [0.15, 0.2) is 58.2 Å². The first-order chi connectivity index (χ1) is 11.1. The highest BCUT2D eigenvalue weighted by molar-refractivity contribution is 9.10. The topological polar surface area (TPSA) is 68.4 Å². The van der Waals surface area contributed by atoms with Gasteiger partial charge in [-0.2, -0.15) is 5.10 Å². The lowest BCUT2D eigenvalue weighted by atomic mass is 10.2. The molecule has 2 aromatic heterocycles. The Hall–Kier alpha value is -2.41. The van der Waals surface area contributed by atoms with Gasteiger partial charge in [0.05, 0.1) is 0 Å².